The van der Waals surface area contributed by atoms with Gasteiger partial charge in [-0.25, -0.2) is 4.98 Å². The van der Waals surface area contributed by atoms with Gasteiger partial charge < -0.3 is 19.7 Å². The number of pyridine rings is 2. The highest BCUT2D eigenvalue weighted by molar-refractivity contribution is 6.12. The highest BCUT2D eigenvalue weighted by Gasteiger charge is 2.21. The summed E-state index contributed by atoms with van der Waals surface area (Å²) in [7, 11) is 3.19. The van der Waals surface area contributed by atoms with Gasteiger partial charge in [0.25, 0.3) is 17.4 Å². The summed E-state index contributed by atoms with van der Waals surface area (Å²) in [6.07, 6.45) is 4.80. The summed E-state index contributed by atoms with van der Waals surface area (Å²) < 4.78 is 9.73. The Balaban J connectivity index is 1.30. The maximum absolute atomic E-state index is 13.5. The average Bonchev–Trinajstić information content (AvgIpc) is 3.71. The van der Waals surface area contributed by atoms with Crippen molar-refractivity contribution in [2.75, 3.05) is 10.6 Å². The summed E-state index contributed by atoms with van der Waals surface area (Å²) in [5.74, 6) is -0.475. The normalized spacial score (nSPS) is 11.0. The molecule has 0 spiro atoms. The summed E-state index contributed by atoms with van der Waals surface area (Å²) in [6, 6.07) is 17.4. The Morgan fingerprint density at radius 1 is 1.02 bits per heavy atom. The Morgan fingerprint density at radius 2 is 1.86 bits per heavy atom. The lowest BCUT2D eigenvalue weighted by Crippen LogP contribution is -2.17. The van der Waals surface area contributed by atoms with Crippen LogP contribution in [0, 0.1) is 11.3 Å². The molecule has 6 aromatic rings. The first-order valence-corrected chi connectivity index (χ1v) is 13.5. The van der Waals surface area contributed by atoms with E-state index in [9.17, 15) is 19.6 Å². The van der Waals surface area contributed by atoms with Crippen LogP contribution in [0.2, 0.25) is 0 Å². The molecule has 6 rings (SSSR count). The third kappa shape index (κ3) is 5.01. The summed E-state index contributed by atoms with van der Waals surface area (Å²) in [6.45, 7) is 2.46. The van der Waals surface area contributed by atoms with Crippen LogP contribution in [0.5, 0.6) is 0 Å². The van der Waals surface area contributed by atoms with E-state index in [0.29, 0.717) is 40.4 Å². The predicted molar refractivity (Wildman–Crippen MR) is 162 cm³/mol. The molecular formula is C31H25N9O4. The zero-order chi connectivity index (χ0) is 31.0. The number of benzene rings is 1. The molecular weight excluding hydrogens is 562 g/mol. The van der Waals surface area contributed by atoms with Gasteiger partial charge >= 0.3 is 0 Å². The molecule has 0 aliphatic rings. The number of fused-ring (bicyclic) bond motifs is 1. The minimum Gasteiger partial charge on any atom is -0.365 e. The van der Waals surface area contributed by atoms with Crippen molar-refractivity contribution in [2.45, 2.75) is 13.5 Å². The SMILES string of the molecule is CCn1c(-c2ccc(-c3c(C#N)on(C)c3=O)cn2)cc2ccnc(C(=O)Nc3cccc(C(=O)Nc4ccn(C)n4)c3)c21. The molecule has 1 aromatic carbocycles. The number of carbonyl (C=O) groups excluding carboxylic acids is 2. The van der Waals surface area contributed by atoms with E-state index in [1.807, 2.05) is 29.7 Å². The number of hydrogen-bond acceptors (Lipinski definition) is 8. The number of rotatable bonds is 7. The number of aryl methyl sites for hydroxylation is 3. The molecule has 0 saturated heterocycles. The molecule has 2 N–H and O–H groups in total. The van der Waals surface area contributed by atoms with Crippen LogP contribution in [-0.2, 0) is 20.6 Å². The van der Waals surface area contributed by atoms with Crippen LogP contribution in [0.4, 0.5) is 11.5 Å². The fraction of sp³-hybridized carbons (Fsp3) is 0.129. The smallest absolute Gasteiger partial charge is 0.291 e. The molecule has 13 nitrogen and oxygen atoms in total. The molecule has 0 atom stereocenters. The van der Waals surface area contributed by atoms with Crippen molar-refractivity contribution in [1.29, 1.82) is 5.26 Å². The zero-order valence-electron chi connectivity index (χ0n) is 23.9. The van der Waals surface area contributed by atoms with Crippen molar-refractivity contribution in [3.05, 3.63) is 101 Å². The molecule has 0 unspecified atom stereocenters. The van der Waals surface area contributed by atoms with Gasteiger partial charge in [-0.05, 0) is 43.3 Å². The third-order valence-electron chi connectivity index (χ3n) is 7.05. The molecule has 0 aliphatic heterocycles. The lowest BCUT2D eigenvalue weighted by molar-refractivity contribution is 0.101. The number of nitrogens with one attached hydrogen (secondary N) is 2. The Bertz CT molecular complexity index is 2160. The highest BCUT2D eigenvalue weighted by atomic mass is 16.5. The van der Waals surface area contributed by atoms with Gasteiger partial charge in [-0.3, -0.25) is 24.0 Å². The number of anilines is 2. The van der Waals surface area contributed by atoms with Crippen LogP contribution >= 0.6 is 0 Å². The Morgan fingerprint density at radius 3 is 2.57 bits per heavy atom. The van der Waals surface area contributed by atoms with Crippen LogP contribution in [0.25, 0.3) is 33.4 Å². The second kappa shape index (κ2) is 11.2. The van der Waals surface area contributed by atoms with Crippen molar-refractivity contribution in [1.82, 2.24) is 29.1 Å². The number of nitrogens with zero attached hydrogens (tertiary/aromatic N) is 7. The van der Waals surface area contributed by atoms with Gasteiger partial charge in [-0.2, -0.15) is 15.1 Å². The van der Waals surface area contributed by atoms with Gasteiger partial charge in [0.05, 0.1) is 16.9 Å². The fourth-order valence-corrected chi connectivity index (χ4v) is 5.02. The van der Waals surface area contributed by atoms with Gasteiger partial charge in [0.2, 0.25) is 5.76 Å². The molecule has 0 aliphatic carbocycles. The molecule has 0 bridgehead atoms. The highest BCUT2D eigenvalue weighted by Crippen LogP contribution is 2.30. The van der Waals surface area contributed by atoms with E-state index in [0.717, 1.165) is 15.8 Å². The number of nitriles is 1. The van der Waals surface area contributed by atoms with Gasteiger partial charge in [-0.15, -0.1) is 0 Å². The Labute approximate surface area is 250 Å². The predicted octanol–water partition coefficient (Wildman–Crippen LogP) is 4.19. The van der Waals surface area contributed by atoms with Crippen LogP contribution < -0.4 is 16.2 Å². The molecule has 44 heavy (non-hydrogen) atoms. The lowest BCUT2D eigenvalue weighted by Gasteiger charge is -2.11. The van der Waals surface area contributed by atoms with Crippen LogP contribution in [-0.4, -0.2) is 40.9 Å². The van der Waals surface area contributed by atoms with Crippen molar-refractivity contribution in [3.8, 4) is 28.6 Å². The first-order chi connectivity index (χ1) is 21.3. The minimum atomic E-state index is -0.444. The number of amides is 2. The largest absolute Gasteiger partial charge is 0.365 e. The van der Waals surface area contributed by atoms with E-state index in [1.165, 1.54) is 13.2 Å². The molecule has 5 heterocycles. The summed E-state index contributed by atoms with van der Waals surface area (Å²) in [4.78, 5) is 47.7. The van der Waals surface area contributed by atoms with Gasteiger partial charge in [0, 0.05) is 67.5 Å². The van der Waals surface area contributed by atoms with Crippen molar-refractivity contribution < 1.29 is 14.1 Å². The van der Waals surface area contributed by atoms with E-state index in [-0.39, 0.29) is 22.9 Å². The number of hydrogen-bond donors (Lipinski definition) is 2. The molecule has 0 fully saturated rings. The van der Waals surface area contributed by atoms with Gasteiger partial charge in [0.15, 0.2) is 11.5 Å². The lowest BCUT2D eigenvalue weighted by atomic mass is 10.1. The van der Waals surface area contributed by atoms with E-state index in [4.69, 9.17) is 4.52 Å². The van der Waals surface area contributed by atoms with E-state index in [2.05, 4.69) is 25.7 Å². The van der Waals surface area contributed by atoms with Gasteiger partial charge in [-0.1, -0.05) is 12.1 Å². The third-order valence-corrected chi connectivity index (χ3v) is 7.05. The molecule has 0 radical (unpaired) electrons. The van der Waals surface area contributed by atoms with Crippen LogP contribution in [0.3, 0.4) is 0 Å². The maximum atomic E-state index is 13.5. The van der Waals surface area contributed by atoms with E-state index < -0.39 is 11.5 Å². The topological polar surface area (TPSA) is 166 Å². The average molecular weight is 588 g/mol. The molecule has 5 aromatic heterocycles. The number of aromatic nitrogens is 6. The van der Waals surface area contributed by atoms with Crippen molar-refractivity contribution in [3.63, 3.8) is 0 Å². The van der Waals surface area contributed by atoms with Crippen molar-refractivity contribution >= 4 is 34.2 Å². The standard InChI is InChI=1S/C31H25N9O4/c1-4-40-23(22-9-8-20(17-34-22)26-24(16-32)44-39(3)31(26)43)15-18-10-12-33-27(28(18)40)30(42)35-21-7-5-6-19(14-21)29(41)36-25-11-13-38(2)37-25/h5-15,17H,4H2,1-3H3,(H,35,42)(H,36,37,41). The molecule has 0 saturated carbocycles. The Hall–Kier alpha value is -6.29. The molecule has 13 heteroatoms. The maximum Gasteiger partial charge on any atom is 0.291 e. The quantitative estimate of drug-likeness (QED) is 0.281. The molecule has 218 valence electrons. The van der Waals surface area contributed by atoms with E-state index >= 15 is 0 Å². The fourth-order valence-electron chi connectivity index (χ4n) is 5.02. The minimum absolute atomic E-state index is 0.0872. The first-order valence-electron chi connectivity index (χ1n) is 13.5. The zero-order valence-corrected chi connectivity index (χ0v) is 23.9. The first kappa shape index (κ1) is 27.9. The van der Waals surface area contributed by atoms with Crippen molar-refractivity contribution in [2.24, 2.45) is 14.1 Å². The van der Waals surface area contributed by atoms with E-state index in [1.54, 1.807) is 66.6 Å². The molecule has 2 amide bonds. The summed E-state index contributed by atoms with van der Waals surface area (Å²) >= 11 is 0. The Kier molecular flexibility index (Phi) is 7.08. The van der Waals surface area contributed by atoms with Crippen LogP contribution in [0.15, 0.2) is 82.5 Å². The second-order valence-electron chi connectivity index (χ2n) is 9.88. The van der Waals surface area contributed by atoms with Crippen LogP contribution in [0.1, 0.15) is 33.5 Å². The summed E-state index contributed by atoms with van der Waals surface area (Å²) in [5, 5.41) is 19.9. The number of carbonyl (C=O) groups is 2. The van der Waals surface area contributed by atoms with Gasteiger partial charge in [0.1, 0.15) is 11.6 Å². The second-order valence-corrected chi connectivity index (χ2v) is 9.88. The monoisotopic (exact) mass is 587 g/mol. The summed E-state index contributed by atoms with van der Waals surface area (Å²) in [5.41, 5.74) is 3.11.